The van der Waals surface area contributed by atoms with Crippen LogP contribution in [0.2, 0.25) is 0 Å². The van der Waals surface area contributed by atoms with Crippen molar-refractivity contribution in [2.45, 2.75) is 44.2 Å². The number of carbonyl (C=O) groups is 2. The lowest BCUT2D eigenvalue weighted by Gasteiger charge is -2.32. The SMILES string of the molecule is O=C(O)C1CC1C(=O)NC1CCN2CCCCC12. The molecule has 5 nitrogen and oxygen atoms in total. The maximum atomic E-state index is 12.0. The molecule has 2 saturated heterocycles. The van der Waals surface area contributed by atoms with Gasteiger partial charge in [-0.05, 0) is 32.2 Å². The van der Waals surface area contributed by atoms with Crippen molar-refractivity contribution in [3.8, 4) is 0 Å². The lowest BCUT2D eigenvalue weighted by molar-refractivity contribution is -0.140. The number of hydrogen-bond donors (Lipinski definition) is 2. The number of nitrogens with zero attached hydrogens (tertiary/aromatic N) is 1. The molecule has 0 bridgehead atoms. The maximum Gasteiger partial charge on any atom is 0.307 e. The third-order valence-corrected chi connectivity index (χ3v) is 4.63. The van der Waals surface area contributed by atoms with E-state index in [0.29, 0.717) is 12.5 Å². The third-order valence-electron chi connectivity index (χ3n) is 4.63. The molecule has 18 heavy (non-hydrogen) atoms. The summed E-state index contributed by atoms with van der Waals surface area (Å²) in [5.74, 6) is -1.59. The van der Waals surface area contributed by atoms with Gasteiger partial charge in [-0.3, -0.25) is 14.5 Å². The molecule has 2 N–H and O–H groups in total. The topological polar surface area (TPSA) is 69.6 Å². The minimum atomic E-state index is -0.833. The second kappa shape index (κ2) is 4.53. The lowest BCUT2D eigenvalue weighted by Crippen LogP contribution is -2.47. The average molecular weight is 252 g/mol. The van der Waals surface area contributed by atoms with Gasteiger partial charge in [-0.1, -0.05) is 6.42 Å². The minimum Gasteiger partial charge on any atom is -0.481 e. The Hall–Kier alpha value is -1.10. The summed E-state index contributed by atoms with van der Waals surface area (Å²) < 4.78 is 0. The highest BCUT2D eigenvalue weighted by atomic mass is 16.4. The van der Waals surface area contributed by atoms with Gasteiger partial charge in [0.05, 0.1) is 11.8 Å². The predicted molar refractivity (Wildman–Crippen MR) is 65.0 cm³/mol. The average Bonchev–Trinajstić information content (AvgIpc) is 3.08. The van der Waals surface area contributed by atoms with Crippen molar-refractivity contribution in [2.24, 2.45) is 11.8 Å². The van der Waals surface area contributed by atoms with E-state index in [9.17, 15) is 9.59 Å². The van der Waals surface area contributed by atoms with Crippen molar-refractivity contribution < 1.29 is 14.7 Å². The molecular weight excluding hydrogens is 232 g/mol. The molecule has 0 aromatic rings. The van der Waals surface area contributed by atoms with Gasteiger partial charge >= 0.3 is 5.97 Å². The fraction of sp³-hybridized carbons (Fsp3) is 0.846. The number of piperidine rings is 1. The molecule has 0 aromatic carbocycles. The molecule has 1 saturated carbocycles. The van der Waals surface area contributed by atoms with Gasteiger partial charge in [0, 0.05) is 18.6 Å². The molecule has 1 amide bonds. The zero-order valence-corrected chi connectivity index (χ0v) is 10.5. The van der Waals surface area contributed by atoms with Crippen molar-refractivity contribution in [1.82, 2.24) is 10.2 Å². The standard InChI is InChI=1S/C13H20N2O3/c16-12(8-7-9(8)13(17)18)14-10-4-6-15-5-2-1-3-11(10)15/h8-11H,1-7H2,(H,14,16)(H,17,18). The minimum absolute atomic E-state index is 0.0418. The summed E-state index contributed by atoms with van der Waals surface area (Å²) in [5.41, 5.74) is 0. The molecule has 100 valence electrons. The predicted octanol–water partition coefficient (Wildman–Crippen LogP) is 0.450. The second-order valence-corrected chi connectivity index (χ2v) is 5.79. The van der Waals surface area contributed by atoms with Gasteiger partial charge in [0.15, 0.2) is 0 Å². The highest BCUT2D eigenvalue weighted by molar-refractivity contribution is 5.89. The number of nitrogens with one attached hydrogen (secondary N) is 1. The summed E-state index contributed by atoms with van der Waals surface area (Å²) >= 11 is 0. The van der Waals surface area contributed by atoms with Crippen LogP contribution in [0.25, 0.3) is 0 Å². The first kappa shape index (κ1) is 12.0. The van der Waals surface area contributed by atoms with E-state index in [1.54, 1.807) is 0 Å². The van der Waals surface area contributed by atoms with Gasteiger partial charge in [-0.2, -0.15) is 0 Å². The molecule has 4 atom stereocenters. The normalized spacial score (nSPS) is 39.1. The van der Waals surface area contributed by atoms with E-state index in [4.69, 9.17) is 5.11 Å². The number of carboxylic acid groups (broad SMARTS) is 1. The molecule has 3 fully saturated rings. The fourth-order valence-electron chi connectivity index (χ4n) is 3.46. The molecule has 3 rings (SSSR count). The van der Waals surface area contributed by atoms with Gasteiger partial charge in [0.2, 0.25) is 5.91 Å². The molecule has 0 aromatic heterocycles. The van der Waals surface area contributed by atoms with Crippen molar-refractivity contribution in [2.75, 3.05) is 13.1 Å². The van der Waals surface area contributed by atoms with Crippen LogP contribution in [0.4, 0.5) is 0 Å². The van der Waals surface area contributed by atoms with Crippen LogP contribution in [0.1, 0.15) is 32.1 Å². The van der Waals surface area contributed by atoms with Crippen molar-refractivity contribution in [1.29, 1.82) is 0 Å². The number of rotatable bonds is 3. The Morgan fingerprint density at radius 2 is 1.94 bits per heavy atom. The molecule has 5 heteroatoms. The number of carboxylic acids is 1. The van der Waals surface area contributed by atoms with Gasteiger partial charge in [-0.25, -0.2) is 0 Å². The first-order chi connectivity index (χ1) is 8.66. The van der Waals surface area contributed by atoms with E-state index in [1.165, 1.54) is 12.8 Å². The van der Waals surface area contributed by atoms with Crippen LogP contribution in [0, 0.1) is 11.8 Å². The Labute approximate surface area is 107 Å². The van der Waals surface area contributed by atoms with Gasteiger partial charge in [0.25, 0.3) is 0 Å². The molecule has 3 aliphatic rings. The first-order valence-corrected chi connectivity index (χ1v) is 6.94. The number of fused-ring (bicyclic) bond motifs is 1. The van der Waals surface area contributed by atoms with Crippen LogP contribution in [0.15, 0.2) is 0 Å². The number of carbonyl (C=O) groups excluding carboxylic acids is 1. The number of aliphatic carboxylic acids is 1. The van der Waals surface area contributed by atoms with Crippen LogP contribution in [0.3, 0.4) is 0 Å². The van der Waals surface area contributed by atoms with Gasteiger partial charge in [-0.15, -0.1) is 0 Å². The van der Waals surface area contributed by atoms with Crippen molar-refractivity contribution in [3.63, 3.8) is 0 Å². The van der Waals surface area contributed by atoms with Crippen LogP contribution >= 0.6 is 0 Å². The summed E-state index contributed by atoms with van der Waals surface area (Å²) in [6.07, 6.45) is 5.21. The molecule has 2 heterocycles. The molecular formula is C13H20N2O3. The van der Waals surface area contributed by atoms with E-state index in [0.717, 1.165) is 25.9 Å². The van der Waals surface area contributed by atoms with E-state index in [1.807, 2.05) is 0 Å². The van der Waals surface area contributed by atoms with E-state index in [-0.39, 0.29) is 17.9 Å². The van der Waals surface area contributed by atoms with Crippen molar-refractivity contribution >= 4 is 11.9 Å². The zero-order chi connectivity index (χ0) is 12.7. The zero-order valence-electron chi connectivity index (χ0n) is 10.5. The summed E-state index contributed by atoms with van der Waals surface area (Å²) in [6.45, 7) is 2.22. The summed E-state index contributed by atoms with van der Waals surface area (Å²) in [5, 5.41) is 11.9. The van der Waals surface area contributed by atoms with E-state index in [2.05, 4.69) is 10.2 Å². The molecule has 2 aliphatic heterocycles. The van der Waals surface area contributed by atoms with Crippen LogP contribution in [-0.4, -0.2) is 47.1 Å². The Morgan fingerprint density at radius 1 is 1.11 bits per heavy atom. The quantitative estimate of drug-likeness (QED) is 0.765. The van der Waals surface area contributed by atoms with Gasteiger partial charge in [0.1, 0.15) is 0 Å². The highest BCUT2D eigenvalue weighted by Crippen LogP contribution is 2.39. The maximum absolute atomic E-state index is 12.0. The summed E-state index contributed by atoms with van der Waals surface area (Å²) in [6, 6.07) is 0.734. The Balaban J connectivity index is 1.54. The van der Waals surface area contributed by atoms with Crippen LogP contribution in [-0.2, 0) is 9.59 Å². The Bertz CT molecular complexity index is 371. The Kier molecular flexibility index (Phi) is 3.01. The van der Waals surface area contributed by atoms with Crippen LogP contribution in [0.5, 0.6) is 0 Å². The summed E-state index contributed by atoms with van der Waals surface area (Å²) in [7, 11) is 0. The monoisotopic (exact) mass is 252 g/mol. The first-order valence-electron chi connectivity index (χ1n) is 6.94. The molecule has 0 radical (unpaired) electrons. The van der Waals surface area contributed by atoms with Crippen molar-refractivity contribution in [3.05, 3.63) is 0 Å². The lowest BCUT2D eigenvalue weighted by atomic mass is 9.99. The third kappa shape index (κ3) is 2.11. The largest absolute Gasteiger partial charge is 0.481 e. The van der Waals surface area contributed by atoms with E-state index < -0.39 is 11.9 Å². The fourth-order valence-corrected chi connectivity index (χ4v) is 3.46. The Morgan fingerprint density at radius 3 is 2.67 bits per heavy atom. The second-order valence-electron chi connectivity index (χ2n) is 5.79. The van der Waals surface area contributed by atoms with Gasteiger partial charge < -0.3 is 10.4 Å². The van der Waals surface area contributed by atoms with Crippen LogP contribution < -0.4 is 5.32 Å². The molecule has 4 unspecified atom stereocenters. The molecule has 1 aliphatic carbocycles. The number of hydrogen-bond acceptors (Lipinski definition) is 3. The summed E-state index contributed by atoms with van der Waals surface area (Å²) in [4.78, 5) is 25.2. The molecule has 0 spiro atoms. The number of amides is 1. The highest BCUT2D eigenvalue weighted by Gasteiger charge is 2.49. The van der Waals surface area contributed by atoms with E-state index >= 15 is 0 Å². The smallest absolute Gasteiger partial charge is 0.307 e.